The first-order valence-corrected chi connectivity index (χ1v) is 9.59. The number of benzene rings is 2. The van der Waals surface area contributed by atoms with Crippen LogP contribution in [-0.4, -0.2) is 35.5 Å². The molecule has 1 aliphatic rings. The third-order valence-electron chi connectivity index (χ3n) is 4.89. The molecule has 30 heavy (non-hydrogen) atoms. The number of hydrogen-bond donors (Lipinski definition) is 1. The minimum atomic E-state index is -0.401. The zero-order chi connectivity index (χ0) is 20.9. The Bertz CT molecular complexity index is 1070. The lowest BCUT2D eigenvalue weighted by molar-refractivity contribution is 0.0597. The van der Waals surface area contributed by atoms with Gasteiger partial charge in [-0.15, -0.1) is 0 Å². The van der Waals surface area contributed by atoms with Crippen LogP contribution in [0.15, 0.2) is 66.7 Å². The number of methoxy groups -OCH3 is 1. The van der Waals surface area contributed by atoms with E-state index < -0.39 is 5.97 Å². The molecule has 0 unspecified atom stereocenters. The Kier molecular flexibility index (Phi) is 5.61. The summed E-state index contributed by atoms with van der Waals surface area (Å²) in [7, 11) is 1.35. The summed E-state index contributed by atoms with van der Waals surface area (Å²) in [5.74, 6) is 1.04. The van der Waals surface area contributed by atoms with Crippen molar-refractivity contribution < 1.29 is 19.1 Å². The van der Waals surface area contributed by atoms with E-state index in [1.807, 2.05) is 42.5 Å². The van der Waals surface area contributed by atoms with Crippen LogP contribution in [0.1, 0.15) is 21.5 Å². The van der Waals surface area contributed by atoms with Gasteiger partial charge < -0.3 is 14.4 Å². The number of nitrogens with zero attached hydrogens (tertiary/aromatic N) is 2. The van der Waals surface area contributed by atoms with Crippen molar-refractivity contribution in [3.8, 4) is 11.6 Å². The molecule has 1 aliphatic heterocycles. The first-order chi connectivity index (χ1) is 14.6. The molecular formula is C23H21N3O4. The van der Waals surface area contributed by atoms with Gasteiger partial charge in [0.15, 0.2) is 0 Å². The van der Waals surface area contributed by atoms with Gasteiger partial charge in [0.05, 0.1) is 12.7 Å². The minimum Gasteiger partial charge on any atom is -0.465 e. The van der Waals surface area contributed by atoms with E-state index in [0.717, 1.165) is 11.1 Å². The van der Waals surface area contributed by atoms with Gasteiger partial charge >= 0.3 is 12.0 Å². The molecule has 7 heteroatoms. The summed E-state index contributed by atoms with van der Waals surface area (Å²) < 4.78 is 10.6. The fraction of sp³-hybridized carbons (Fsp3) is 0.174. The second-order valence-electron chi connectivity index (χ2n) is 6.81. The average Bonchev–Trinajstić information content (AvgIpc) is 2.78. The van der Waals surface area contributed by atoms with E-state index in [1.54, 1.807) is 29.2 Å². The van der Waals surface area contributed by atoms with Gasteiger partial charge in [-0.2, -0.15) is 4.98 Å². The number of urea groups is 1. The first kappa shape index (κ1) is 19.4. The maximum atomic E-state index is 12.8. The monoisotopic (exact) mass is 403 g/mol. The van der Waals surface area contributed by atoms with E-state index in [4.69, 9.17) is 9.47 Å². The van der Waals surface area contributed by atoms with Gasteiger partial charge in [0, 0.05) is 19.2 Å². The highest BCUT2D eigenvalue weighted by Gasteiger charge is 2.25. The Morgan fingerprint density at radius 1 is 1.00 bits per heavy atom. The fourth-order valence-electron chi connectivity index (χ4n) is 3.39. The van der Waals surface area contributed by atoms with Crippen LogP contribution in [0, 0.1) is 0 Å². The largest absolute Gasteiger partial charge is 0.465 e. The normalized spacial score (nSPS) is 12.6. The van der Waals surface area contributed by atoms with Crippen molar-refractivity contribution in [3.63, 3.8) is 0 Å². The summed E-state index contributed by atoms with van der Waals surface area (Å²) in [4.78, 5) is 30.9. The maximum Gasteiger partial charge on any atom is 0.338 e. The molecule has 2 heterocycles. The molecule has 0 spiro atoms. The van der Waals surface area contributed by atoms with Crippen molar-refractivity contribution in [1.29, 1.82) is 0 Å². The standard InChI is InChI=1S/C23H21N3O4/c1-29-22(27)18-10-5-7-16-13-14-26(15-19(16)18)23(28)25-20-11-6-12-21(24-20)30-17-8-3-2-4-9-17/h2-12H,13-15H2,1H3,(H,24,25,28). The van der Waals surface area contributed by atoms with Crippen molar-refractivity contribution >= 4 is 17.8 Å². The highest BCUT2D eigenvalue weighted by atomic mass is 16.5. The topological polar surface area (TPSA) is 80.8 Å². The predicted molar refractivity (Wildman–Crippen MR) is 112 cm³/mol. The number of nitrogens with one attached hydrogen (secondary N) is 1. The lowest BCUT2D eigenvalue weighted by Crippen LogP contribution is -2.39. The lowest BCUT2D eigenvalue weighted by atomic mass is 9.95. The second kappa shape index (κ2) is 8.65. The molecule has 0 saturated heterocycles. The van der Waals surface area contributed by atoms with Gasteiger partial charge in [-0.1, -0.05) is 36.4 Å². The molecule has 4 rings (SSSR count). The Morgan fingerprint density at radius 2 is 1.80 bits per heavy atom. The number of rotatable bonds is 4. The number of pyridine rings is 1. The number of ether oxygens (including phenoxy) is 2. The molecule has 152 valence electrons. The molecule has 0 fully saturated rings. The van der Waals surface area contributed by atoms with Crippen molar-refractivity contribution in [3.05, 3.63) is 83.4 Å². The van der Waals surface area contributed by atoms with E-state index in [1.165, 1.54) is 7.11 Å². The van der Waals surface area contributed by atoms with E-state index in [0.29, 0.717) is 42.5 Å². The molecule has 3 aromatic rings. The van der Waals surface area contributed by atoms with E-state index in [-0.39, 0.29) is 6.03 Å². The van der Waals surface area contributed by atoms with Crippen LogP contribution in [0.4, 0.5) is 10.6 Å². The molecule has 0 saturated carbocycles. The minimum absolute atomic E-state index is 0.287. The Balaban J connectivity index is 1.47. The van der Waals surface area contributed by atoms with Crippen LogP contribution in [0.2, 0.25) is 0 Å². The maximum absolute atomic E-state index is 12.8. The van der Waals surface area contributed by atoms with Crippen LogP contribution in [0.5, 0.6) is 11.6 Å². The second-order valence-corrected chi connectivity index (χ2v) is 6.81. The van der Waals surface area contributed by atoms with Gasteiger partial charge in [-0.05, 0) is 41.8 Å². The number of carbonyl (C=O) groups is 2. The molecule has 1 N–H and O–H groups in total. The fourth-order valence-corrected chi connectivity index (χ4v) is 3.39. The van der Waals surface area contributed by atoms with Gasteiger partial charge in [0.1, 0.15) is 11.6 Å². The number of amides is 2. The number of fused-ring (bicyclic) bond motifs is 1. The van der Waals surface area contributed by atoms with Crippen molar-refractivity contribution in [2.45, 2.75) is 13.0 Å². The number of carbonyl (C=O) groups excluding carboxylic acids is 2. The summed E-state index contributed by atoms with van der Waals surface area (Å²) in [6.07, 6.45) is 0.665. The van der Waals surface area contributed by atoms with Crippen LogP contribution in [0.3, 0.4) is 0 Å². The highest BCUT2D eigenvalue weighted by Crippen LogP contribution is 2.25. The van der Waals surface area contributed by atoms with Crippen LogP contribution >= 0.6 is 0 Å². The van der Waals surface area contributed by atoms with E-state index >= 15 is 0 Å². The van der Waals surface area contributed by atoms with Crippen molar-refractivity contribution in [2.75, 3.05) is 19.0 Å². The first-order valence-electron chi connectivity index (χ1n) is 9.59. The molecule has 1 aromatic heterocycles. The summed E-state index contributed by atoms with van der Waals surface area (Å²) in [5, 5.41) is 2.81. The SMILES string of the molecule is COC(=O)c1cccc2c1CN(C(=O)Nc1cccc(Oc3ccccc3)n1)CC2. The van der Waals surface area contributed by atoms with E-state index in [2.05, 4.69) is 10.3 Å². The molecule has 7 nitrogen and oxygen atoms in total. The van der Waals surface area contributed by atoms with Crippen molar-refractivity contribution in [2.24, 2.45) is 0 Å². The molecule has 0 bridgehead atoms. The summed E-state index contributed by atoms with van der Waals surface area (Å²) in [6, 6.07) is 19.7. The predicted octanol–water partition coefficient (Wildman–Crippen LogP) is 4.25. The Hall–Kier alpha value is -3.87. The zero-order valence-corrected chi connectivity index (χ0v) is 16.5. The van der Waals surface area contributed by atoms with Crippen molar-refractivity contribution in [1.82, 2.24) is 9.88 Å². The molecule has 0 radical (unpaired) electrons. The zero-order valence-electron chi connectivity index (χ0n) is 16.5. The average molecular weight is 403 g/mol. The number of esters is 1. The third-order valence-corrected chi connectivity index (χ3v) is 4.89. The van der Waals surface area contributed by atoms with Crippen LogP contribution in [-0.2, 0) is 17.7 Å². The molecular weight excluding hydrogens is 382 g/mol. The quantitative estimate of drug-likeness (QED) is 0.659. The number of para-hydroxylation sites is 1. The summed E-state index contributed by atoms with van der Waals surface area (Å²) in [5.41, 5.74) is 2.36. The van der Waals surface area contributed by atoms with Gasteiger partial charge in [-0.3, -0.25) is 5.32 Å². The Labute approximate surface area is 174 Å². The van der Waals surface area contributed by atoms with Crippen LogP contribution in [0.25, 0.3) is 0 Å². The molecule has 2 amide bonds. The van der Waals surface area contributed by atoms with Gasteiger partial charge in [0.25, 0.3) is 0 Å². The number of hydrogen-bond acceptors (Lipinski definition) is 5. The molecule has 2 aromatic carbocycles. The molecule has 0 atom stereocenters. The Morgan fingerprint density at radius 3 is 2.60 bits per heavy atom. The highest BCUT2D eigenvalue weighted by molar-refractivity contribution is 5.92. The third kappa shape index (κ3) is 4.25. The smallest absolute Gasteiger partial charge is 0.338 e. The number of aromatic nitrogens is 1. The van der Waals surface area contributed by atoms with Gasteiger partial charge in [-0.25, -0.2) is 9.59 Å². The summed E-state index contributed by atoms with van der Waals surface area (Å²) in [6.45, 7) is 0.871. The van der Waals surface area contributed by atoms with E-state index in [9.17, 15) is 9.59 Å². The van der Waals surface area contributed by atoms with Crippen LogP contribution < -0.4 is 10.1 Å². The molecule has 0 aliphatic carbocycles. The van der Waals surface area contributed by atoms with Gasteiger partial charge in [0.2, 0.25) is 5.88 Å². The lowest BCUT2D eigenvalue weighted by Gasteiger charge is -2.30. The summed E-state index contributed by atoms with van der Waals surface area (Å²) >= 11 is 0. The number of anilines is 1.